The number of halogens is 4. The van der Waals surface area contributed by atoms with Crippen molar-refractivity contribution in [3.8, 4) is 0 Å². The van der Waals surface area contributed by atoms with E-state index in [0.717, 1.165) is 23.3 Å². The third kappa shape index (κ3) is 4.42. The highest BCUT2D eigenvalue weighted by Crippen LogP contribution is 2.38. The fourth-order valence-corrected chi connectivity index (χ4v) is 4.30. The Bertz CT molecular complexity index is 1150. The van der Waals surface area contributed by atoms with Crippen molar-refractivity contribution in [2.24, 2.45) is 0 Å². The van der Waals surface area contributed by atoms with Gasteiger partial charge in [0.1, 0.15) is 11.6 Å². The molecule has 1 saturated heterocycles. The van der Waals surface area contributed by atoms with E-state index in [2.05, 4.69) is 4.90 Å². The van der Waals surface area contributed by atoms with Crippen molar-refractivity contribution in [1.82, 2.24) is 4.90 Å². The Hall–Kier alpha value is -2.73. The number of nitrogens with zero attached hydrogens (tertiary/aromatic N) is 1. The minimum atomic E-state index is -1.21. The highest BCUT2D eigenvalue weighted by atomic mass is 35.5. The summed E-state index contributed by atoms with van der Waals surface area (Å²) in [5.41, 5.74) is 2.71. The van der Waals surface area contributed by atoms with Gasteiger partial charge in [-0.3, -0.25) is 4.90 Å². The zero-order chi connectivity index (χ0) is 23.0. The van der Waals surface area contributed by atoms with Gasteiger partial charge in [-0.1, -0.05) is 47.5 Å². The standard InChI is InChI=1S/C25H19Cl2F2NO2/c1-14-21(10-20(28)11-22(14)29)23(25(31)32)17-12-30(13-17)24(15-2-6-18(26)7-3-15)16-4-8-19(27)9-5-16/h2-11,24H,12-13H2,1H3,(H,31,32). The summed E-state index contributed by atoms with van der Waals surface area (Å²) in [4.78, 5) is 14.1. The van der Waals surface area contributed by atoms with Crippen molar-refractivity contribution >= 4 is 34.7 Å². The average molecular weight is 474 g/mol. The fraction of sp³-hybridized carbons (Fsp3) is 0.160. The maximum Gasteiger partial charge on any atom is 0.336 e. The number of hydrogen-bond acceptors (Lipinski definition) is 2. The van der Waals surface area contributed by atoms with Crippen LogP contribution in [0.1, 0.15) is 28.3 Å². The minimum Gasteiger partial charge on any atom is -0.478 e. The molecule has 32 heavy (non-hydrogen) atoms. The van der Waals surface area contributed by atoms with Crippen LogP contribution in [0.15, 0.2) is 66.2 Å². The Labute approximate surface area is 194 Å². The van der Waals surface area contributed by atoms with Crippen molar-refractivity contribution in [2.75, 3.05) is 13.1 Å². The summed E-state index contributed by atoms with van der Waals surface area (Å²) in [5, 5.41) is 11.1. The molecular weight excluding hydrogens is 455 g/mol. The second kappa shape index (κ2) is 9.02. The summed E-state index contributed by atoms with van der Waals surface area (Å²) in [6, 6.07) is 16.6. The number of likely N-dealkylation sites (tertiary alicyclic amines) is 1. The predicted molar refractivity (Wildman–Crippen MR) is 122 cm³/mol. The maximum absolute atomic E-state index is 14.1. The first-order valence-corrected chi connectivity index (χ1v) is 10.7. The molecule has 164 valence electrons. The molecule has 0 saturated carbocycles. The Morgan fingerprint density at radius 1 is 0.938 bits per heavy atom. The van der Waals surface area contributed by atoms with Gasteiger partial charge in [0.05, 0.1) is 11.6 Å². The van der Waals surface area contributed by atoms with Gasteiger partial charge in [0, 0.05) is 29.2 Å². The Balaban J connectivity index is 1.72. The van der Waals surface area contributed by atoms with Gasteiger partial charge >= 0.3 is 5.97 Å². The Morgan fingerprint density at radius 2 is 1.44 bits per heavy atom. The van der Waals surface area contributed by atoms with Crippen molar-refractivity contribution < 1.29 is 18.7 Å². The lowest BCUT2D eigenvalue weighted by molar-refractivity contribution is -0.130. The molecule has 0 aromatic heterocycles. The number of aliphatic carboxylic acids is 1. The molecular formula is C25H19Cl2F2NO2. The van der Waals surface area contributed by atoms with Gasteiger partial charge in [0.15, 0.2) is 0 Å². The van der Waals surface area contributed by atoms with E-state index in [1.807, 2.05) is 24.3 Å². The van der Waals surface area contributed by atoms with Crippen LogP contribution in [0.3, 0.4) is 0 Å². The molecule has 1 N–H and O–H groups in total. The van der Waals surface area contributed by atoms with Crippen LogP contribution in [0.4, 0.5) is 8.78 Å². The van der Waals surface area contributed by atoms with Crippen molar-refractivity contribution in [1.29, 1.82) is 0 Å². The third-order valence-corrected chi connectivity index (χ3v) is 6.17. The van der Waals surface area contributed by atoms with E-state index in [1.54, 1.807) is 24.3 Å². The highest BCUT2D eigenvalue weighted by molar-refractivity contribution is 6.30. The number of carbonyl (C=O) groups is 1. The Morgan fingerprint density at radius 3 is 1.91 bits per heavy atom. The van der Waals surface area contributed by atoms with Crippen LogP contribution >= 0.6 is 23.2 Å². The molecule has 0 unspecified atom stereocenters. The topological polar surface area (TPSA) is 40.5 Å². The van der Waals surface area contributed by atoms with E-state index >= 15 is 0 Å². The molecule has 1 heterocycles. The fourth-order valence-electron chi connectivity index (χ4n) is 4.05. The first-order chi connectivity index (χ1) is 15.2. The van der Waals surface area contributed by atoms with Gasteiger partial charge in [-0.05, 0) is 65.1 Å². The number of carboxylic acids is 1. The monoisotopic (exact) mass is 473 g/mol. The van der Waals surface area contributed by atoms with Gasteiger partial charge in [-0.15, -0.1) is 0 Å². The summed E-state index contributed by atoms with van der Waals surface area (Å²) in [6.07, 6.45) is 0. The lowest BCUT2D eigenvalue weighted by Crippen LogP contribution is -2.44. The number of benzene rings is 3. The van der Waals surface area contributed by atoms with Crippen LogP contribution in [0.5, 0.6) is 0 Å². The first-order valence-electron chi connectivity index (χ1n) is 9.91. The van der Waals surface area contributed by atoms with E-state index in [-0.39, 0.29) is 22.7 Å². The summed E-state index contributed by atoms with van der Waals surface area (Å²) in [5.74, 6) is -2.78. The van der Waals surface area contributed by atoms with E-state index < -0.39 is 17.6 Å². The Kier molecular flexibility index (Phi) is 6.33. The smallest absolute Gasteiger partial charge is 0.336 e. The molecule has 0 atom stereocenters. The molecule has 4 rings (SSSR count). The van der Waals surface area contributed by atoms with Crippen LogP contribution in [0.2, 0.25) is 10.0 Å². The van der Waals surface area contributed by atoms with Gasteiger partial charge in [-0.2, -0.15) is 0 Å². The quantitative estimate of drug-likeness (QED) is 0.428. The third-order valence-electron chi connectivity index (χ3n) is 5.67. The SMILES string of the molecule is Cc1c(F)cc(F)cc1C(C(=O)O)=C1CN(C(c2ccc(Cl)cc2)c2ccc(Cl)cc2)C1. The molecule has 0 bridgehead atoms. The maximum atomic E-state index is 14.1. The van der Waals surface area contributed by atoms with E-state index in [4.69, 9.17) is 23.2 Å². The summed E-state index contributed by atoms with van der Waals surface area (Å²) >= 11 is 12.1. The average Bonchev–Trinajstić information content (AvgIpc) is 2.71. The van der Waals surface area contributed by atoms with Crippen LogP contribution < -0.4 is 0 Å². The molecule has 0 radical (unpaired) electrons. The highest BCUT2D eigenvalue weighted by Gasteiger charge is 2.34. The summed E-state index contributed by atoms with van der Waals surface area (Å²) in [7, 11) is 0. The van der Waals surface area contributed by atoms with Crippen LogP contribution in [-0.2, 0) is 4.79 Å². The molecule has 7 heteroatoms. The first kappa shape index (κ1) is 22.5. The van der Waals surface area contributed by atoms with Gasteiger partial charge in [0.2, 0.25) is 0 Å². The second-order valence-electron chi connectivity index (χ2n) is 7.75. The number of rotatable bonds is 5. The largest absolute Gasteiger partial charge is 0.478 e. The zero-order valence-corrected chi connectivity index (χ0v) is 18.6. The predicted octanol–water partition coefficient (Wildman–Crippen LogP) is 6.52. The molecule has 1 fully saturated rings. The van der Waals surface area contributed by atoms with Crippen molar-refractivity contribution in [3.05, 3.63) is 110 Å². The number of carboxylic acid groups (broad SMARTS) is 1. The number of hydrogen-bond donors (Lipinski definition) is 1. The normalized spacial score (nSPS) is 13.9. The minimum absolute atomic E-state index is 0.0527. The molecule has 1 aliphatic rings. The van der Waals surface area contributed by atoms with Crippen LogP contribution in [0, 0.1) is 18.6 Å². The molecule has 3 nitrogen and oxygen atoms in total. The second-order valence-corrected chi connectivity index (χ2v) is 8.63. The zero-order valence-electron chi connectivity index (χ0n) is 17.1. The van der Waals surface area contributed by atoms with Gasteiger partial charge < -0.3 is 5.11 Å². The summed E-state index contributed by atoms with van der Waals surface area (Å²) in [6.45, 7) is 2.14. The summed E-state index contributed by atoms with van der Waals surface area (Å²) < 4.78 is 27.9. The molecule has 0 amide bonds. The molecule has 0 spiro atoms. The molecule has 1 aliphatic heterocycles. The van der Waals surface area contributed by atoms with Crippen LogP contribution in [-0.4, -0.2) is 29.1 Å². The van der Waals surface area contributed by atoms with E-state index in [9.17, 15) is 18.7 Å². The van der Waals surface area contributed by atoms with Gasteiger partial charge in [-0.25, -0.2) is 13.6 Å². The van der Waals surface area contributed by atoms with Gasteiger partial charge in [0.25, 0.3) is 0 Å². The molecule has 0 aliphatic carbocycles. The van der Waals surface area contributed by atoms with Crippen molar-refractivity contribution in [2.45, 2.75) is 13.0 Å². The molecule has 3 aromatic rings. The lowest BCUT2D eigenvalue weighted by Gasteiger charge is -2.42. The van der Waals surface area contributed by atoms with Crippen molar-refractivity contribution in [3.63, 3.8) is 0 Å². The van der Waals surface area contributed by atoms with E-state index in [1.165, 1.54) is 6.92 Å². The van der Waals surface area contributed by atoms with E-state index in [0.29, 0.717) is 28.7 Å². The molecule has 3 aromatic carbocycles. The van der Waals surface area contributed by atoms with Crippen LogP contribution in [0.25, 0.3) is 5.57 Å². The lowest BCUT2D eigenvalue weighted by atomic mass is 9.88.